The summed E-state index contributed by atoms with van der Waals surface area (Å²) >= 11 is 0. The van der Waals surface area contributed by atoms with E-state index < -0.39 is 0 Å². The van der Waals surface area contributed by atoms with Crippen molar-refractivity contribution in [3.8, 4) is 0 Å². The Balaban J connectivity index is 1.61. The first-order valence-corrected chi connectivity index (χ1v) is 8.72. The minimum Gasteiger partial charge on any atom is -0.333 e. The van der Waals surface area contributed by atoms with E-state index in [0.717, 1.165) is 5.56 Å². The first kappa shape index (κ1) is 17.9. The molecular formula is C20H22FN3O2. The summed E-state index contributed by atoms with van der Waals surface area (Å²) in [6, 6.07) is 15.2. The molecular weight excluding hydrogens is 333 g/mol. The Morgan fingerprint density at radius 2 is 2.00 bits per heavy atom. The summed E-state index contributed by atoms with van der Waals surface area (Å²) in [6.07, 6.45) is 0.213. The topological polar surface area (TPSA) is 52.7 Å². The van der Waals surface area contributed by atoms with Crippen LogP contribution in [0.1, 0.15) is 18.9 Å². The van der Waals surface area contributed by atoms with Crippen LogP contribution in [0.2, 0.25) is 0 Å². The molecule has 2 aromatic rings. The molecule has 1 N–H and O–H groups in total. The van der Waals surface area contributed by atoms with E-state index in [9.17, 15) is 14.0 Å². The van der Waals surface area contributed by atoms with Gasteiger partial charge in [0, 0.05) is 31.7 Å². The summed E-state index contributed by atoms with van der Waals surface area (Å²) in [4.78, 5) is 28.0. The van der Waals surface area contributed by atoms with Gasteiger partial charge >= 0.3 is 6.03 Å². The molecule has 1 heterocycles. The molecule has 0 saturated carbocycles. The van der Waals surface area contributed by atoms with Crippen LogP contribution in [0.5, 0.6) is 0 Å². The highest BCUT2D eigenvalue weighted by molar-refractivity contribution is 5.96. The molecule has 0 bridgehead atoms. The molecule has 6 heteroatoms. The molecule has 0 aromatic heterocycles. The second kappa shape index (κ2) is 7.99. The lowest BCUT2D eigenvalue weighted by molar-refractivity contribution is -0.117. The molecule has 0 radical (unpaired) electrons. The second-order valence-corrected chi connectivity index (χ2v) is 6.33. The lowest BCUT2D eigenvalue weighted by atomic mass is 10.2. The van der Waals surface area contributed by atoms with E-state index in [1.807, 2.05) is 37.3 Å². The van der Waals surface area contributed by atoms with Gasteiger partial charge in [0.2, 0.25) is 5.91 Å². The van der Waals surface area contributed by atoms with Gasteiger partial charge in [-0.1, -0.05) is 36.4 Å². The Kier molecular flexibility index (Phi) is 5.51. The predicted octanol–water partition coefficient (Wildman–Crippen LogP) is 3.16. The fraction of sp³-hybridized carbons (Fsp3) is 0.300. The number of carbonyl (C=O) groups excluding carboxylic acids is 2. The minimum atomic E-state index is -0.386. The quantitative estimate of drug-likeness (QED) is 0.896. The van der Waals surface area contributed by atoms with Crippen molar-refractivity contribution >= 4 is 17.6 Å². The van der Waals surface area contributed by atoms with Crippen LogP contribution < -0.4 is 10.2 Å². The van der Waals surface area contributed by atoms with Crippen molar-refractivity contribution in [1.82, 2.24) is 10.2 Å². The van der Waals surface area contributed by atoms with Gasteiger partial charge in [0.25, 0.3) is 0 Å². The van der Waals surface area contributed by atoms with Gasteiger partial charge in [-0.3, -0.25) is 4.79 Å². The maximum Gasteiger partial charge on any atom is 0.317 e. The minimum absolute atomic E-state index is 0.119. The number of anilines is 1. The maximum absolute atomic E-state index is 13.4. The second-order valence-electron chi connectivity index (χ2n) is 6.33. The molecule has 1 aliphatic rings. The molecule has 136 valence electrons. The molecule has 1 saturated heterocycles. The van der Waals surface area contributed by atoms with Gasteiger partial charge in [-0.2, -0.15) is 0 Å². The number of hydrogen-bond acceptors (Lipinski definition) is 2. The van der Waals surface area contributed by atoms with Crippen LogP contribution >= 0.6 is 0 Å². The summed E-state index contributed by atoms with van der Waals surface area (Å²) in [5.41, 5.74) is 1.57. The number of halogens is 1. The average molecular weight is 355 g/mol. The van der Waals surface area contributed by atoms with Gasteiger partial charge in [-0.15, -0.1) is 0 Å². The number of urea groups is 1. The first-order valence-electron chi connectivity index (χ1n) is 8.72. The Hall–Kier alpha value is -2.89. The molecule has 3 rings (SSSR count). The molecule has 0 aliphatic carbocycles. The van der Waals surface area contributed by atoms with Crippen molar-refractivity contribution in [2.45, 2.75) is 25.9 Å². The van der Waals surface area contributed by atoms with Gasteiger partial charge in [0.1, 0.15) is 5.82 Å². The lowest BCUT2D eigenvalue weighted by Crippen LogP contribution is -2.45. The number of carbonyl (C=O) groups is 2. The van der Waals surface area contributed by atoms with Crippen LogP contribution in [-0.4, -0.2) is 36.0 Å². The average Bonchev–Trinajstić information content (AvgIpc) is 3.00. The van der Waals surface area contributed by atoms with Gasteiger partial charge in [0.15, 0.2) is 0 Å². The van der Waals surface area contributed by atoms with E-state index in [4.69, 9.17) is 0 Å². The van der Waals surface area contributed by atoms with Crippen LogP contribution in [0.15, 0.2) is 54.6 Å². The molecule has 5 nitrogen and oxygen atoms in total. The van der Waals surface area contributed by atoms with Crippen LogP contribution in [0, 0.1) is 5.82 Å². The third-order valence-electron chi connectivity index (χ3n) is 4.46. The third kappa shape index (κ3) is 4.20. The number of benzene rings is 2. The molecule has 1 aliphatic heterocycles. The maximum atomic E-state index is 13.4. The largest absolute Gasteiger partial charge is 0.333 e. The highest BCUT2D eigenvalue weighted by Gasteiger charge is 2.32. The van der Waals surface area contributed by atoms with Gasteiger partial charge < -0.3 is 15.1 Å². The summed E-state index contributed by atoms with van der Waals surface area (Å²) in [5, 5.41) is 2.93. The Bertz CT molecular complexity index is 782. The summed E-state index contributed by atoms with van der Waals surface area (Å²) in [6.45, 7) is 3.34. The number of hydrogen-bond donors (Lipinski definition) is 1. The normalized spacial score (nSPS) is 16.6. The standard InChI is InChI=1S/C20H22FN3O2/c1-2-23(13-15-7-4-3-5-8-15)20(26)22-17-12-19(25)24(14-17)18-10-6-9-16(21)11-18/h3-11,17H,2,12-14H2,1H3,(H,22,26)/t17-/m0/s1. The lowest BCUT2D eigenvalue weighted by Gasteiger charge is -2.24. The Morgan fingerprint density at radius 1 is 1.23 bits per heavy atom. The van der Waals surface area contributed by atoms with Crippen LogP contribution in [0.25, 0.3) is 0 Å². The monoisotopic (exact) mass is 355 g/mol. The van der Waals surface area contributed by atoms with Gasteiger partial charge in [-0.05, 0) is 30.7 Å². The Labute approximate surface area is 152 Å². The summed E-state index contributed by atoms with van der Waals surface area (Å²) in [7, 11) is 0. The number of rotatable bonds is 5. The SMILES string of the molecule is CCN(Cc1ccccc1)C(=O)N[C@H]1CC(=O)N(c2cccc(F)c2)C1. The number of nitrogens with one attached hydrogen (secondary N) is 1. The van der Waals surface area contributed by atoms with E-state index in [1.165, 1.54) is 17.0 Å². The molecule has 0 unspecified atom stereocenters. The number of amides is 3. The molecule has 1 atom stereocenters. The zero-order chi connectivity index (χ0) is 18.5. The highest BCUT2D eigenvalue weighted by Crippen LogP contribution is 2.22. The van der Waals surface area contributed by atoms with Gasteiger partial charge in [0.05, 0.1) is 6.04 Å². The molecule has 26 heavy (non-hydrogen) atoms. The van der Waals surface area contributed by atoms with Gasteiger partial charge in [-0.25, -0.2) is 9.18 Å². The summed E-state index contributed by atoms with van der Waals surface area (Å²) < 4.78 is 13.4. The van der Waals surface area contributed by atoms with Crippen molar-refractivity contribution < 1.29 is 14.0 Å². The zero-order valence-electron chi connectivity index (χ0n) is 14.7. The van der Waals surface area contributed by atoms with E-state index in [2.05, 4.69) is 5.32 Å². The zero-order valence-corrected chi connectivity index (χ0v) is 14.7. The van der Waals surface area contributed by atoms with E-state index in [-0.39, 0.29) is 30.2 Å². The summed E-state index contributed by atoms with van der Waals surface area (Å²) in [5.74, 6) is -0.505. The van der Waals surface area contributed by atoms with Crippen molar-refractivity contribution in [3.05, 3.63) is 66.0 Å². The van der Waals surface area contributed by atoms with Crippen molar-refractivity contribution in [1.29, 1.82) is 0 Å². The Morgan fingerprint density at radius 3 is 2.69 bits per heavy atom. The molecule has 1 fully saturated rings. The fourth-order valence-electron chi connectivity index (χ4n) is 3.09. The van der Waals surface area contributed by atoms with E-state index >= 15 is 0 Å². The van der Waals surface area contributed by atoms with Crippen LogP contribution in [-0.2, 0) is 11.3 Å². The van der Waals surface area contributed by atoms with E-state index in [1.54, 1.807) is 17.0 Å². The van der Waals surface area contributed by atoms with Crippen molar-refractivity contribution in [2.24, 2.45) is 0 Å². The van der Waals surface area contributed by atoms with Crippen LogP contribution in [0.3, 0.4) is 0 Å². The van der Waals surface area contributed by atoms with Crippen molar-refractivity contribution in [2.75, 3.05) is 18.0 Å². The highest BCUT2D eigenvalue weighted by atomic mass is 19.1. The third-order valence-corrected chi connectivity index (χ3v) is 4.46. The predicted molar refractivity (Wildman–Crippen MR) is 98.2 cm³/mol. The first-order chi connectivity index (χ1) is 12.6. The molecule has 0 spiro atoms. The number of nitrogens with zero attached hydrogens (tertiary/aromatic N) is 2. The molecule has 3 amide bonds. The fourth-order valence-corrected chi connectivity index (χ4v) is 3.09. The van der Waals surface area contributed by atoms with E-state index in [0.29, 0.717) is 25.3 Å². The molecule has 2 aromatic carbocycles. The van der Waals surface area contributed by atoms with Crippen molar-refractivity contribution in [3.63, 3.8) is 0 Å². The smallest absolute Gasteiger partial charge is 0.317 e. The van der Waals surface area contributed by atoms with Crippen LogP contribution in [0.4, 0.5) is 14.9 Å².